The van der Waals surface area contributed by atoms with Gasteiger partial charge in [0.25, 0.3) is 5.56 Å². The second kappa shape index (κ2) is 7.01. The molecule has 114 valence electrons. The number of benzene rings is 1. The first kappa shape index (κ1) is 15.9. The van der Waals surface area contributed by atoms with Gasteiger partial charge in [-0.15, -0.1) is 0 Å². The third kappa shape index (κ3) is 3.41. The van der Waals surface area contributed by atoms with Crippen molar-refractivity contribution in [2.75, 3.05) is 13.7 Å². The fraction of sp³-hybridized carbons (Fsp3) is 0.353. The lowest BCUT2D eigenvalue weighted by molar-refractivity contribution is 0.182. The summed E-state index contributed by atoms with van der Waals surface area (Å²) >= 11 is 0. The fourth-order valence-corrected chi connectivity index (χ4v) is 2.13. The lowest BCUT2D eigenvalue weighted by Crippen LogP contribution is -2.27. The van der Waals surface area contributed by atoms with Crippen LogP contribution in [0.2, 0.25) is 0 Å². The average Bonchev–Trinajstić information content (AvgIpc) is 2.54. The van der Waals surface area contributed by atoms with E-state index < -0.39 is 0 Å². The highest BCUT2D eigenvalue weighted by atomic mass is 16.5. The minimum Gasteiger partial charge on any atom is -0.383 e. The molecule has 0 aliphatic rings. The molecule has 1 aromatic heterocycles. The summed E-state index contributed by atoms with van der Waals surface area (Å²) in [6.07, 6.45) is 0. The molecule has 0 bridgehead atoms. The number of hydrogen-bond donors (Lipinski definition) is 0. The smallest absolute Gasteiger partial charge is 0.284 e. The van der Waals surface area contributed by atoms with Crippen molar-refractivity contribution in [2.24, 2.45) is 0 Å². The zero-order valence-corrected chi connectivity index (χ0v) is 13.0. The van der Waals surface area contributed by atoms with E-state index in [9.17, 15) is 4.79 Å². The number of ether oxygens (including phenoxy) is 1. The first-order valence-corrected chi connectivity index (χ1v) is 7.18. The Labute approximate surface area is 129 Å². The van der Waals surface area contributed by atoms with Crippen molar-refractivity contribution < 1.29 is 4.74 Å². The van der Waals surface area contributed by atoms with Crippen LogP contribution in [0.15, 0.2) is 35.1 Å². The van der Waals surface area contributed by atoms with Crippen molar-refractivity contribution in [3.8, 4) is 17.3 Å². The Hall–Kier alpha value is -2.45. The maximum absolute atomic E-state index is 12.1. The summed E-state index contributed by atoms with van der Waals surface area (Å²) in [5.41, 5.74) is 2.43. The third-order valence-electron chi connectivity index (χ3n) is 3.48. The molecule has 2 rings (SSSR count). The summed E-state index contributed by atoms with van der Waals surface area (Å²) in [5, 5.41) is 13.5. The van der Waals surface area contributed by atoms with E-state index >= 15 is 0 Å². The molecule has 1 heterocycles. The predicted molar refractivity (Wildman–Crippen MR) is 84.6 cm³/mol. The summed E-state index contributed by atoms with van der Waals surface area (Å²) in [6.45, 7) is 4.95. The lowest BCUT2D eigenvalue weighted by atomic mass is 10.0. The Kier molecular flexibility index (Phi) is 5.08. The van der Waals surface area contributed by atoms with E-state index in [1.807, 2.05) is 30.3 Å². The summed E-state index contributed by atoms with van der Waals surface area (Å²) in [4.78, 5) is 12.1. The van der Waals surface area contributed by atoms with Gasteiger partial charge in [0.2, 0.25) is 0 Å². The largest absolute Gasteiger partial charge is 0.383 e. The van der Waals surface area contributed by atoms with Crippen LogP contribution in [0.4, 0.5) is 0 Å². The predicted octanol–water partition coefficient (Wildman–Crippen LogP) is 2.55. The summed E-state index contributed by atoms with van der Waals surface area (Å²) in [7, 11) is 1.56. The molecule has 0 fully saturated rings. The van der Waals surface area contributed by atoms with E-state index in [-0.39, 0.29) is 11.1 Å². The van der Waals surface area contributed by atoms with Crippen LogP contribution in [0.25, 0.3) is 11.3 Å². The van der Waals surface area contributed by atoms with Gasteiger partial charge in [0.1, 0.15) is 11.6 Å². The molecule has 22 heavy (non-hydrogen) atoms. The number of methoxy groups -OCH3 is 1. The molecule has 0 saturated heterocycles. The summed E-state index contributed by atoms with van der Waals surface area (Å²) < 4.78 is 6.26. The summed E-state index contributed by atoms with van der Waals surface area (Å²) in [6, 6.07) is 11.5. The standard InChI is InChI=1S/C17H19N3O2/c1-12(2)13-4-6-14(7-5-13)16-10-15(11-18)17(21)20(19-16)8-9-22-3/h4-7,10,12H,8-9H2,1-3H3. The number of nitrogens with zero attached hydrogens (tertiary/aromatic N) is 3. The van der Waals surface area contributed by atoms with Gasteiger partial charge in [-0.1, -0.05) is 38.1 Å². The van der Waals surface area contributed by atoms with E-state index in [1.165, 1.54) is 16.3 Å². The SMILES string of the molecule is COCCn1nc(-c2ccc(C(C)C)cc2)cc(C#N)c1=O. The van der Waals surface area contributed by atoms with Crippen molar-refractivity contribution in [1.82, 2.24) is 9.78 Å². The van der Waals surface area contributed by atoms with Gasteiger partial charge in [0, 0.05) is 12.7 Å². The molecule has 0 saturated carbocycles. The highest BCUT2D eigenvalue weighted by Gasteiger charge is 2.10. The van der Waals surface area contributed by atoms with Gasteiger partial charge in [-0.2, -0.15) is 10.4 Å². The van der Waals surface area contributed by atoms with Gasteiger partial charge in [0.05, 0.1) is 18.8 Å². The minimum absolute atomic E-state index is 0.0917. The van der Waals surface area contributed by atoms with Crippen LogP contribution in [0.5, 0.6) is 0 Å². The molecule has 1 aromatic carbocycles. The highest BCUT2D eigenvalue weighted by molar-refractivity contribution is 5.60. The molecule has 0 amide bonds. The van der Waals surface area contributed by atoms with Crippen LogP contribution in [-0.2, 0) is 11.3 Å². The van der Waals surface area contributed by atoms with Crippen molar-refractivity contribution in [2.45, 2.75) is 26.3 Å². The van der Waals surface area contributed by atoms with Gasteiger partial charge >= 0.3 is 0 Å². The molecule has 0 aliphatic heterocycles. The maximum atomic E-state index is 12.1. The van der Waals surface area contributed by atoms with E-state index in [1.54, 1.807) is 7.11 Å². The number of hydrogen-bond acceptors (Lipinski definition) is 4. The molecule has 5 nitrogen and oxygen atoms in total. The second-order valence-corrected chi connectivity index (χ2v) is 5.35. The number of aromatic nitrogens is 2. The third-order valence-corrected chi connectivity index (χ3v) is 3.48. The lowest BCUT2D eigenvalue weighted by Gasteiger charge is -2.09. The van der Waals surface area contributed by atoms with Crippen LogP contribution in [0.1, 0.15) is 30.9 Å². The molecular weight excluding hydrogens is 278 g/mol. The van der Waals surface area contributed by atoms with Gasteiger partial charge in [-0.25, -0.2) is 4.68 Å². The Bertz CT molecular complexity index is 740. The van der Waals surface area contributed by atoms with Gasteiger partial charge in [0.15, 0.2) is 0 Å². The molecule has 0 N–H and O–H groups in total. The minimum atomic E-state index is -0.387. The van der Waals surface area contributed by atoms with Gasteiger partial charge < -0.3 is 4.74 Å². The Morgan fingerprint density at radius 1 is 1.32 bits per heavy atom. The number of rotatable bonds is 5. The van der Waals surface area contributed by atoms with Crippen molar-refractivity contribution in [3.63, 3.8) is 0 Å². The van der Waals surface area contributed by atoms with Crippen LogP contribution >= 0.6 is 0 Å². The van der Waals surface area contributed by atoms with Crippen LogP contribution in [0, 0.1) is 11.3 Å². The quantitative estimate of drug-likeness (QED) is 0.850. The Balaban J connectivity index is 2.46. The number of nitriles is 1. The Morgan fingerprint density at radius 2 is 2.00 bits per heavy atom. The molecule has 0 aliphatic carbocycles. The normalized spacial score (nSPS) is 10.7. The molecule has 5 heteroatoms. The first-order valence-electron chi connectivity index (χ1n) is 7.18. The van der Waals surface area contributed by atoms with Crippen molar-refractivity contribution >= 4 is 0 Å². The fourth-order valence-electron chi connectivity index (χ4n) is 2.13. The van der Waals surface area contributed by atoms with E-state index in [2.05, 4.69) is 18.9 Å². The molecular formula is C17H19N3O2. The zero-order chi connectivity index (χ0) is 16.1. The average molecular weight is 297 g/mol. The van der Waals surface area contributed by atoms with Crippen molar-refractivity contribution in [3.05, 3.63) is 51.8 Å². The molecule has 0 unspecified atom stereocenters. The molecule has 0 radical (unpaired) electrons. The van der Waals surface area contributed by atoms with Crippen LogP contribution < -0.4 is 5.56 Å². The molecule has 2 aromatic rings. The molecule has 0 atom stereocenters. The van der Waals surface area contributed by atoms with Crippen LogP contribution in [0.3, 0.4) is 0 Å². The topological polar surface area (TPSA) is 67.9 Å². The highest BCUT2D eigenvalue weighted by Crippen LogP contribution is 2.21. The monoisotopic (exact) mass is 297 g/mol. The van der Waals surface area contributed by atoms with Gasteiger partial charge in [-0.3, -0.25) is 4.79 Å². The molecule has 0 spiro atoms. The van der Waals surface area contributed by atoms with E-state index in [4.69, 9.17) is 10.00 Å². The Morgan fingerprint density at radius 3 is 2.55 bits per heavy atom. The second-order valence-electron chi connectivity index (χ2n) is 5.35. The van der Waals surface area contributed by atoms with E-state index in [0.717, 1.165) is 5.56 Å². The van der Waals surface area contributed by atoms with Crippen LogP contribution in [-0.4, -0.2) is 23.5 Å². The first-order chi connectivity index (χ1) is 10.6. The van der Waals surface area contributed by atoms with Gasteiger partial charge in [-0.05, 0) is 17.5 Å². The van der Waals surface area contributed by atoms with E-state index in [0.29, 0.717) is 24.8 Å². The maximum Gasteiger partial charge on any atom is 0.284 e. The van der Waals surface area contributed by atoms with Crippen molar-refractivity contribution in [1.29, 1.82) is 5.26 Å². The zero-order valence-electron chi connectivity index (χ0n) is 13.0. The summed E-state index contributed by atoms with van der Waals surface area (Å²) in [5.74, 6) is 0.451.